The van der Waals surface area contributed by atoms with Crippen LogP contribution in [0.4, 0.5) is 5.69 Å². The van der Waals surface area contributed by atoms with Gasteiger partial charge in [-0.3, -0.25) is 0 Å². The average molecular weight is 179 g/mol. The van der Waals surface area contributed by atoms with Crippen LogP contribution in [-0.2, 0) is 0 Å². The van der Waals surface area contributed by atoms with Crippen LogP contribution in [0.2, 0.25) is 0 Å². The fourth-order valence-corrected chi connectivity index (χ4v) is 0.855. The number of rotatable bonds is 1. The van der Waals surface area contributed by atoms with Gasteiger partial charge in [0.05, 0.1) is 5.69 Å². The first kappa shape index (κ1) is 8.76. The maximum Gasteiger partial charge on any atom is 0.207 e. The molecule has 12 heavy (non-hydrogen) atoms. The van der Waals surface area contributed by atoms with Gasteiger partial charge in [-0.25, -0.2) is 4.99 Å². The van der Waals surface area contributed by atoms with Crippen LogP contribution in [-0.4, -0.2) is 5.17 Å². The molecule has 0 saturated heterocycles. The molecule has 0 saturated carbocycles. The van der Waals surface area contributed by atoms with Crippen molar-refractivity contribution in [2.24, 2.45) is 4.99 Å². The van der Waals surface area contributed by atoms with E-state index in [1.54, 1.807) is 6.07 Å². The fraction of sp³-hybridized carbons (Fsp3) is 0.111. The lowest BCUT2D eigenvalue weighted by Gasteiger charge is -1.93. The van der Waals surface area contributed by atoms with E-state index in [-0.39, 0.29) is 5.17 Å². The van der Waals surface area contributed by atoms with Gasteiger partial charge >= 0.3 is 0 Å². The Labute approximate surface area is 76.1 Å². The summed E-state index contributed by atoms with van der Waals surface area (Å²) in [5.74, 6) is 0. The zero-order valence-corrected chi connectivity index (χ0v) is 7.34. The van der Waals surface area contributed by atoms with Crippen molar-refractivity contribution in [1.82, 2.24) is 0 Å². The zero-order valence-electron chi connectivity index (χ0n) is 6.58. The molecule has 1 aromatic carbocycles. The Balaban J connectivity index is 2.93. The van der Waals surface area contributed by atoms with Crippen LogP contribution in [0.25, 0.3) is 0 Å². The minimum atomic E-state index is -0.0427. The summed E-state index contributed by atoms with van der Waals surface area (Å²) in [6.45, 7) is 1.99. The van der Waals surface area contributed by atoms with Crippen LogP contribution in [0, 0.1) is 18.3 Å². The van der Waals surface area contributed by atoms with E-state index >= 15 is 0 Å². The van der Waals surface area contributed by atoms with E-state index in [0.717, 1.165) is 5.56 Å². The van der Waals surface area contributed by atoms with Crippen molar-refractivity contribution in [3.05, 3.63) is 29.8 Å². The highest BCUT2D eigenvalue weighted by molar-refractivity contribution is 6.69. The van der Waals surface area contributed by atoms with Gasteiger partial charge in [-0.15, -0.1) is 0 Å². The quantitative estimate of drug-likeness (QED) is 0.610. The Kier molecular flexibility index (Phi) is 2.84. The van der Waals surface area contributed by atoms with Gasteiger partial charge in [0.15, 0.2) is 0 Å². The second-order valence-corrected chi connectivity index (χ2v) is 2.71. The van der Waals surface area contributed by atoms with Gasteiger partial charge in [0.25, 0.3) is 0 Å². The predicted octanol–water partition coefficient (Wildman–Crippen LogP) is 2.79. The maximum absolute atomic E-state index is 8.34. The SMILES string of the molecule is Cc1ccc(N=C(Cl)C#N)cc1. The molecular weight excluding hydrogens is 172 g/mol. The molecule has 0 heterocycles. The predicted molar refractivity (Wildman–Crippen MR) is 49.7 cm³/mol. The molecule has 0 unspecified atom stereocenters. The largest absolute Gasteiger partial charge is 0.226 e. The van der Waals surface area contributed by atoms with Crippen molar-refractivity contribution in [2.45, 2.75) is 6.92 Å². The minimum Gasteiger partial charge on any atom is -0.226 e. The molecule has 60 valence electrons. The highest BCUT2D eigenvalue weighted by Crippen LogP contribution is 2.13. The molecule has 0 N–H and O–H groups in total. The molecule has 0 aliphatic rings. The van der Waals surface area contributed by atoms with Crippen molar-refractivity contribution in [3.63, 3.8) is 0 Å². The molecule has 1 rings (SSSR count). The number of nitriles is 1. The fourth-order valence-electron chi connectivity index (χ4n) is 0.758. The molecule has 2 nitrogen and oxygen atoms in total. The molecule has 0 spiro atoms. The second-order valence-electron chi connectivity index (χ2n) is 2.35. The summed E-state index contributed by atoms with van der Waals surface area (Å²) >= 11 is 5.43. The van der Waals surface area contributed by atoms with Gasteiger partial charge in [-0.1, -0.05) is 29.3 Å². The summed E-state index contributed by atoms with van der Waals surface area (Å²) < 4.78 is 0. The standard InChI is InChI=1S/C9H7ClN2/c1-7-2-4-8(5-3-7)12-9(10)6-11/h2-5H,1H3. The van der Waals surface area contributed by atoms with Crippen molar-refractivity contribution in [2.75, 3.05) is 0 Å². The third-order valence-corrected chi connectivity index (χ3v) is 1.52. The molecule has 3 heteroatoms. The van der Waals surface area contributed by atoms with E-state index in [9.17, 15) is 0 Å². The molecule has 0 aromatic heterocycles. The van der Waals surface area contributed by atoms with Crippen LogP contribution < -0.4 is 0 Å². The molecule has 0 amide bonds. The minimum absolute atomic E-state index is 0.0427. The van der Waals surface area contributed by atoms with Crippen molar-refractivity contribution < 1.29 is 0 Å². The topological polar surface area (TPSA) is 36.1 Å². The van der Waals surface area contributed by atoms with Crippen molar-refractivity contribution in [3.8, 4) is 6.07 Å². The van der Waals surface area contributed by atoms with E-state index in [2.05, 4.69) is 4.99 Å². The average Bonchev–Trinajstić information content (AvgIpc) is 2.09. The van der Waals surface area contributed by atoms with Gasteiger partial charge in [0, 0.05) is 0 Å². The summed E-state index contributed by atoms with van der Waals surface area (Å²) in [5.41, 5.74) is 1.86. The van der Waals surface area contributed by atoms with Crippen LogP contribution >= 0.6 is 11.6 Å². The Morgan fingerprint density at radius 2 is 2.00 bits per heavy atom. The molecule has 0 radical (unpaired) electrons. The second kappa shape index (κ2) is 3.89. The van der Waals surface area contributed by atoms with Crippen LogP contribution in [0.1, 0.15) is 5.56 Å². The smallest absolute Gasteiger partial charge is 0.207 e. The Morgan fingerprint density at radius 3 is 2.50 bits per heavy atom. The van der Waals surface area contributed by atoms with E-state index in [4.69, 9.17) is 16.9 Å². The third kappa shape index (κ3) is 2.37. The number of benzene rings is 1. The monoisotopic (exact) mass is 178 g/mol. The van der Waals surface area contributed by atoms with Crippen molar-refractivity contribution in [1.29, 1.82) is 5.26 Å². The normalized spacial score (nSPS) is 10.9. The summed E-state index contributed by atoms with van der Waals surface area (Å²) in [6, 6.07) is 9.21. The number of hydrogen-bond donors (Lipinski definition) is 0. The highest BCUT2D eigenvalue weighted by atomic mass is 35.5. The summed E-state index contributed by atoms with van der Waals surface area (Å²) in [6.07, 6.45) is 0. The van der Waals surface area contributed by atoms with Crippen LogP contribution in [0.5, 0.6) is 0 Å². The third-order valence-electron chi connectivity index (χ3n) is 1.35. The number of hydrogen-bond acceptors (Lipinski definition) is 2. The highest BCUT2D eigenvalue weighted by Gasteiger charge is 1.91. The van der Waals surface area contributed by atoms with Crippen LogP contribution in [0.15, 0.2) is 29.3 Å². The number of halogens is 1. The Morgan fingerprint density at radius 1 is 1.42 bits per heavy atom. The number of aryl methyl sites for hydroxylation is 1. The lowest BCUT2D eigenvalue weighted by Crippen LogP contribution is -1.77. The molecule has 0 atom stereocenters. The molecular formula is C9H7ClN2. The van der Waals surface area contributed by atoms with Gasteiger partial charge in [0.1, 0.15) is 6.07 Å². The van der Waals surface area contributed by atoms with Gasteiger partial charge in [-0.2, -0.15) is 5.26 Å². The molecule has 1 aromatic rings. The van der Waals surface area contributed by atoms with Gasteiger partial charge in [-0.05, 0) is 19.1 Å². The van der Waals surface area contributed by atoms with E-state index < -0.39 is 0 Å². The lowest BCUT2D eigenvalue weighted by atomic mass is 10.2. The van der Waals surface area contributed by atoms with Crippen LogP contribution in [0.3, 0.4) is 0 Å². The van der Waals surface area contributed by atoms with Gasteiger partial charge in [0.2, 0.25) is 5.17 Å². The van der Waals surface area contributed by atoms with Crippen molar-refractivity contribution >= 4 is 22.5 Å². The summed E-state index contributed by atoms with van der Waals surface area (Å²) in [4.78, 5) is 3.84. The van der Waals surface area contributed by atoms with Gasteiger partial charge < -0.3 is 0 Å². The Bertz CT molecular complexity index is 333. The van der Waals surface area contributed by atoms with E-state index in [1.165, 1.54) is 0 Å². The molecule has 0 aliphatic carbocycles. The molecule has 0 fully saturated rings. The summed E-state index contributed by atoms with van der Waals surface area (Å²) in [5, 5.41) is 8.30. The zero-order chi connectivity index (χ0) is 8.97. The number of nitrogens with zero attached hydrogens (tertiary/aromatic N) is 2. The van der Waals surface area contributed by atoms with E-state index in [1.807, 2.05) is 31.2 Å². The maximum atomic E-state index is 8.34. The molecule has 0 bridgehead atoms. The van der Waals surface area contributed by atoms with E-state index in [0.29, 0.717) is 5.69 Å². The lowest BCUT2D eigenvalue weighted by molar-refractivity contribution is 1.44. The first-order chi connectivity index (χ1) is 5.72. The summed E-state index contributed by atoms with van der Waals surface area (Å²) in [7, 11) is 0. The Hall–Kier alpha value is -1.33. The first-order valence-corrected chi connectivity index (χ1v) is 3.81. The number of aliphatic imine (C=N–C) groups is 1. The molecule has 0 aliphatic heterocycles. The first-order valence-electron chi connectivity index (χ1n) is 3.43.